The Morgan fingerprint density at radius 1 is 0.955 bits per heavy atom. The van der Waals surface area contributed by atoms with Crippen LogP contribution in [0.4, 0.5) is 0 Å². The number of likely N-dealkylation sites (tertiary alicyclic amines) is 1. The van der Waals surface area contributed by atoms with E-state index < -0.39 is 0 Å². The Hall–Kier alpha value is -1.14. The molecular weight excluding hydrogens is 284 g/mol. The van der Waals surface area contributed by atoms with Gasteiger partial charge in [0.05, 0.1) is 0 Å². The topological polar surface area (TPSA) is 67.9 Å². The lowest BCUT2D eigenvalue weighted by Crippen LogP contribution is -2.46. The van der Waals surface area contributed by atoms with Gasteiger partial charge in [-0.25, -0.2) is 0 Å². The van der Waals surface area contributed by atoms with Crippen molar-refractivity contribution in [1.82, 2.24) is 10.2 Å². The minimum Gasteiger partial charge on any atom is -0.368 e. The van der Waals surface area contributed by atoms with Crippen LogP contribution >= 0.6 is 0 Å². The number of rotatable bonds is 4. The molecule has 0 aromatic heterocycles. The maximum atomic E-state index is 12.3. The largest absolute Gasteiger partial charge is 0.368 e. The summed E-state index contributed by atoms with van der Waals surface area (Å²) in [4.78, 5) is 26.1. The Morgan fingerprint density at radius 2 is 1.59 bits per heavy atom. The van der Waals surface area contributed by atoms with Crippen LogP contribution in [0.25, 0.3) is 0 Å². The zero-order valence-corrected chi connectivity index (χ0v) is 13.1. The Labute approximate surface area is 131 Å². The Bertz CT molecular complexity index is 395. The summed E-state index contributed by atoms with van der Waals surface area (Å²) in [7, 11) is 0. The fraction of sp³-hybridized carbons (Fsp3) is 0.875. The average molecular weight is 310 g/mol. The van der Waals surface area contributed by atoms with Crippen molar-refractivity contribution in [2.24, 2.45) is 5.92 Å². The molecule has 3 rings (SSSR count). The summed E-state index contributed by atoms with van der Waals surface area (Å²) < 4.78 is 10.8. The van der Waals surface area contributed by atoms with Gasteiger partial charge in [0, 0.05) is 32.8 Å². The summed E-state index contributed by atoms with van der Waals surface area (Å²) in [6.07, 6.45) is 5.09. The Balaban J connectivity index is 1.36. The van der Waals surface area contributed by atoms with Crippen LogP contribution in [0, 0.1) is 5.92 Å². The van der Waals surface area contributed by atoms with Crippen molar-refractivity contribution in [1.29, 1.82) is 0 Å². The highest BCUT2D eigenvalue weighted by Gasteiger charge is 2.31. The van der Waals surface area contributed by atoms with E-state index in [2.05, 4.69) is 5.32 Å². The number of hydrogen-bond acceptors (Lipinski definition) is 4. The zero-order chi connectivity index (χ0) is 15.4. The number of amides is 2. The molecular formula is C16H26N2O4. The van der Waals surface area contributed by atoms with E-state index in [0.29, 0.717) is 25.7 Å². The van der Waals surface area contributed by atoms with Crippen LogP contribution in [-0.2, 0) is 19.1 Å². The first kappa shape index (κ1) is 15.7. The fourth-order valence-corrected chi connectivity index (χ4v) is 3.48. The molecule has 3 aliphatic heterocycles. The Kier molecular flexibility index (Phi) is 5.31. The van der Waals surface area contributed by atoms with Crippen molar-refractivity contribution in [2.75, 3.05) is 32.8 Å². The molecule has 2 atom stereocenters. The van der Waals surface area contributed by atoms with Crippen LogP contribution in [0.2, 0.25) is 0 Å². The van der Waals surface area contributed by atoms with Gasteiger partial charge >= 0.3 is 0 Å². The summed E-state index contributed by atoms with van der Waals surface area (Å²) in [5, 5.41) is 3.00. The summed E-state index contributed by atoms with van der Waals surface area (Å²) in [6, 6.07) is 0. The predicted octanol–water partition coefficient (Wildman–Crippen LogP) is 0.699. The van der Waals surface area contributed by atoms with E-state index >= 15 is 0 Å². The van der Waals surface area contributed by atoms with E-state index in [9.17, 15) is 9.59 Å². The van der Waals surface area contributed by atoms with Crippen LogP contribution in [0.15, 0.2) is 0 Å². The van der Waals surface area contributed by atoms with Gasteiger partial charge in [-0.15, -0.1) is 0 Å². The molecule has 3 fully saturated rings. The monoisotopic (exact) mass is 310 g/mol. The van der Waals surface area contributed by atoms with Gasteiger partial charge in [0.2, 0.25) is 5.91 Å². The quantitative estimate of drug-likeness (QED) is 0.830. The molecule has 0 aromatic carbocycles. The lowest BCUT2D eigenvalue weighted by Gasteiger charge is -2.33. The molecule has 124 valence electrons. The van der Waals surface area contributed by atoms with Crippen molar-refractivity contribution in [3.8, 4) is 0 Å². The first-order valence-corrected chi connectivity index (χ1v) is 8.54. The molecule has 3 saturated heterocycles. The summed E-state index contributed by atoms with van der Waals surface area (Å²) in [5.74, 6) is 0.633. The second-order valence-electron chi connectivity index (χ2n) is 6.52. The number of carbonyl (C=O) groups excluding carboxylic acids is 2. The molecule has 0 aromatic rings. The van der Waals surface area contributed by atoms with E-state index in [0.717, 1.165) is 51.6 Å². The van der Waals surface area contributed by atoms with Crippen molar-refractivity contribution >= 4 is 11.8 Å². The normalized spacial score (nSPS) is 29.7. The molecule has 0 unspecified atom stereocenters. The fourth-order valence-electron chi connectivity index (χ4n) is 3.48. The van der Waals surface area contributed by atoms with Crippen LogP contribution in [0.3, 0.4) is 0 Å². The van der Waals surface area contributed by atoms with E-state index in [1.165, 1.54) is 0 Å². The third kappa shape index (κ3) is 3.79. The molecule has 22 heavy (non-hydrogen) atoms. The van der Waals surface area contributed by atoms with Crippen molar-refractivity contribution < 1.29 is 19.1 Å². The second kappa shape index (κ2) is 7.42. The lowest BCUT2D eigenvalue weighted by atomic mass is 9.96. The maximum absolute atomic E-state index is 12.3. The van der Waals surface area contributed by atoms with Crippen LogP contribution in [0.5, 0.6) is 0 Å². The number of piperidine rings is 1. The van der Waals surface area contributed by atoms with Crippen molar-refractivity contribution in [2.45, 2.75) is 50.7 Å². The van der Waals surface area contributed by atoms with E-state index in [-0.39, 0.29) is 24.0 Å². The van der Waals surface area contributed by atoms with E-state index in [1.54, 1.807) is 0 Å². The van der Waals surface area contributed by atoms with Gasteiger partial charge in [-0.3, -0.25) is 9.59 Å². The van der Waals surface area contributed by atoms with Gasteiger partial charge in [-0.2, -0.15) is 0 Å². The second-order valence-corrected chi connectivity index (χ2v) is 6.52. The highest BCUT2D eigenvalue weighted by atomic mass is 16.5. The lowest BCUT2D eigenvalue weighted by molar-refractivity contribution is -0.142. The minimum atomic E-state index is -0.249. The SMILES string of the molecule is O=C(NCC1CCN(C(=O)[C@H]2CCCO2)CC1)[C@H]1CCCO1. The summed E-state index contributed by atoms with van der Waals surface area (Å²) in [6.45, 7) is 3.66. The third-order valence-corrected chi connectivity index (χ3v) is 4.92. The van der Waals surface area contributed by atoms with Crippen molar-refractivity contribution in [3.63, 3.8) is 0 Å². The van der Waals surface area contributed by atoms with Gasteiger partial charge in [0.15, 0.2) is 0 Å². The molecule has 3 aliphatic rings. The minimum absolute atomic E-state index is 0.0235. The van der Waals surface area contributed by atoms with Gasteiger partial charge in [0.25, 0.3) is 5.91 Å². The van der Waals surface area contributed by atoms with Crippen LogP contribution in [-0.4, -0.2) is 61.8 Å². The number of nitrogens with zero attached hydrogens (tertiary/aromatic N) is 1. The third-order valence-electron chi connectivity index (χ3n) is 4.92. The maximum Gasteiger partial charge on any atom is 0.251 e. The molecule has 0 bridgehead atoms. The predicted molar refractivity (Wildman–Crippen MR) is 80.3 cm³/mol. The molecule has 3 heterocycles. The standard InChI is InChI=1S/C16H26N2O4/c19-15(13-3-1-9-21-13)17-11-12-5-7-18(8-6-12)16(20)14-4-2-10-22-14/h12-14H,1-11H2,(H,17,19)/t13-,14-/m1/s1. The number of nitrogens with one attached hydrogen (secondary N) is 1. The molecule has 0 spiro atoms. The molecule has 6 heteroatoms. The summed E-state index contributed by atoms with van der Waals surface area (Å²) >= 11 is 0. The van der Waals surface area contributed by atoms with Crippen molar-refractivity contribution in [3.05, 3.63) is 0 Å². The van der Waals surface area contributed by atoms with Crippen LogP contribution in [0.1, 0.15) is 38.5 Å². The molecule has 1 N–H and O–H groups in total. The summed E-state index contributed by atoms with van der Waals surface area (Å²) in [5.41, 5.74) is 0. The highest BCUT2D eigenvalue weighted by molar-refractivity contribution is 5.81. The number of ether oxygens (including phenoxy) is 2. The average Bonchev–Trinajstić information content (AvgIpc) is 3.25. The molecule has 0 saturated carbocycles. The van der Waals surface area contributed by atoms with E-state index in [1.807, 2.05) is 4.90 Å². The Morgan fingerprint density at radius 3 is 2.18 bits per heavy atom. The van der Waals surface area contributed by atoms with Gasteiger partial charge in [-0.05, 0) is 44.4 Å². The highest BCUT2D eigenvalue weighted by Crippen LogP contribution is 2.21. The number of hydrogen-bond donors (Lipinski definition) is 1. The first-order valence-electron chi connectivity index (χ1n) is 8.54. The van der Waals surface area contributed by atoms with Gasteiger partial charge in [0.1, 0.15) is 12.2 Å². The first-order chi connectivity index (χ1) is 10.7. The zero-order valence-electron chi connectivity index (χ0n) is 13.1. The molecule has 6 nitrogen and oxygen atoms in total. The van der Waals surface area contributed by atoms with E-state index in [4.69, 9.17) is 9.47 Å². The number of carbonyl (C=O) groups is 2. The van der Waals surface area contributed by atoms with Crippen LogP contribution < -0.4 is 5.32 Å². The van der Waals surface area contributed by atoms with Gasteiger partial charge < -0.3 is 19.7 Å². The smallest absolute Gasteiger partial charge is 0.251 e. The molecule has 0 radical (unpaired) electrons. The molecule has 2 amide bonds. The molecule has 0 aliphatic carbocycles. The van der Waals surface area contributed by atoms with Gasteiger partial charge in [-0.1, -0.05) is 0 Å².